The predicted octanol–water partition coefficient (Wildman–Crippen LogP) is 8.46. The van der Waals surface area contributed by atoms with Crippen LogP contribution >= 0.6 is 0 Å². The molecule has 0 N–H and O–H groups in total. The van der Waals surface area contributed by atoms with Crippen LogP contribution in [-0.4, -0.2) is 84.4 Å². The Morgan fingerprint density at radius 3 is 0.761 bits per heavy atom. The Kier molecular flexibility index (Phi) is 10.5. The molecule has 0 fully saturated rings. The zero-order valence-electron chi connectivity index (χ0n) is 19.2. The van der Waals surface area contributed by atoms with Crippen molar-refractivity contribution in [1.82, 2.24) is 0 Å². The van der Waals surface area contributed by atoms with Gasteiger partial charge < -0.3 is 0 Å². The van der Waals surface area contributed by atoms with Crippen LogP contribution in [0.2, 0.25) is 0 Å². The molecular formula is C14F28O4. The molecule has 0 saturated carbocycles. The summed E-state index contributed by atoms with van der Waals surface area (Å²) in [7, 11) is 0. The first-order valence-corrected chi connectivity index (χ1v) is 9.22. The second-order valence-electron chi connectivity index (χ2n) is 7.61. The summed E-state index contributed by atoms with van der Waals surface area (Å²) in [6.45, 7) is 0. The highest BCUT2D eigenvalue weighted by molar-refractivity contribution is 5.94. The number of carbonyl (C=O) groups excluding carboxylic acids is 1. The summed E-state index contributed by atoms with van der Waals surface area (Å²) in [6.07, 6.45) is -67.8. The topological polar surface area (TPSA) is 44.8 Å². The van der Waals surface area contributed by atoms with Crippen molar-refractivity contribution in [3.8, 4) is 0 Å². The third-order valence-electron chi connectivity index (χ3n) is 4.30. The third-order valence-corrected chi connectivity index (χ3v) is 4.30. The Hall–Kier alpha value is -2.41. The molecule has 0 spiro atoms. The van der Waals surface area contributed by atoms with E-state index in [9.17, 15) is 128 Å². The van der Waals surface area contributed by atoms with Crippen LogP contribution in [0.5, 0.6) is 0 Å². The molecular weight excluding hydrogens is 764 g/mol. The zero-order valence-corrected chi connectivity index (χ0v) is 19.2. The number of Topliss-reactive ketones (excluding diaryl/α,β-unsaturated/α-hetero) is 1. The summed E-state index contributed by atoms with van der Waals surface area (Å²) in [4.78, 5) is 11.4. The molecule has 32 heteroatoms. The van der Waals surface area contributed by atoms with E-state index in [4.69, 9.17) is 0 Å². The average Bonchev–Trinajstić information content (AvgIpc) is 2.73. The van der Waals surface area contributed by atoms with E-state index in [0.29, 0.717) is 0 Å². The first-order valence-electron chi connectivity index (χ1n) is 9.22. The van der Waals surface area contributed by atoms with Crippen LogP contribution in [-0.2, 0) is 19.0 Å². The summed E-state index contributed by atoms with van der Waals surface area (Å²) in [5, 5.41) is 0. The highest BCUT2D eigenvalue weighted by Gasteiger charge is 2.88. The van der Waals surface area contributed by atoms with Crippen LogP contribution in [0.25, 0.3) is 0 Å². The Morgan fingerprint density at radius 2 is 0.543 bits per heavy atom. The quantitative estimate of drug-likeness (QED) is 0.198. The van der Waals surface area contributed by atoms with Crippen LogP contribution in [0.3, 0.4) is 0 Å². The van der Waals surface area contributed by atoms with Crippen LogP contribution in [0.15, 0.2) is 0 Å². The minimum Gasteiger partial charge on any atom is -0.286 e. The molecule has 0 aliphatic heterocycles. The Labute approximate surface area is 228 Å². The molecule has 0 aromatic carbocycles. The maximum Gasteiger partial charge on any atom is 0.462 e. The number of ketones is 1. The molecule has 0 saturated heterocycles. The number of hydrogen-bond acceptors (Lipinski definition) is 4. The van der Waals surface area contributed by atoms with Crippen molar-refractivity contribution >= 4 is 5.78 Å². The van der Waals surface area contributed by atoms with Crippen molar-refractivity contribution in [2.24, 2.45) is 0 Å². The second kappa shape index (κ2) is 11.1. The average molecular weight is 764 g/mol. The van der Waals surface area contributed by atoms with E-state index in [-0.39, 0.29) is 0 Å². The summed E-state index contributed by atoms with van der Waals surface area (Å²) in [5.74, 6) is -49.5. The Bertz CT molecular complexity index is 1110. The number of ether oxygens (including phenoxy) is 3. The zero-order chi connectivity index (χ0) is 38.2. The van der Waals surface area contributed by atoms with Crippen molar-refractivity contribution in [3.63, 3.8) is 0 Å². The van der Waals surface area contributed by atoms with Crippen molar-refractivity contribution in [3.05, 3.63) is 0 Å². The second-order valence-corrected chi connectivity index (χ2v) is 7.61. The van der Waals surface area contributed by atoms with E-state index in [1.54, 1.807) is 0 Å². The van der Waals surface area contributed by atoms with Gasteiger partial charge in [0.05, 0.1) is 0 Å². The van der Waals surface area contributed by atoms with Crippen molar-refractivity contribution in [1.29, 1.82) is 0 Å². The molecule has 0 radical (unpaired) electrons. The summed E-state index contributed by atoms with van der Waals surface area (Å²) >= 11 is 0. The van der Waals surface area contributed by atoms with Crippen LogP contribution < -0.4 is 0 Å². The van der Waals surface area contributed by atoms with Crippen molar-refractivity contribution in [2.75, 3.05) is 0 Å². The molecule has 0 aliphatic carbocycles. The van der Waals surface area contributed by atoms with Crippen LogP contribution in [0, 0.1) is 0 Å². The molecule has 0 aromatic heterocycles. The highest BCUT2D eigenvalue weighted by atomic mass is 19.5. The molecule has 3 unspecified atom stereocenters. The molecule has 0 aliphatic rings. The molecule has 0 bridgehead atoms. The van der Waals surface area contributed by atoms with Crippen molar-refractivity contribution < 1.29 is 142 Å². The minimum absolute atomic E-state index is 0.893. The van der Waals surface area contributed by atoms with Gasteiger partial charge in [0.2, 0.25) is 0 Å². The van der Waals surface area contributed by atoms with Gasteiger partial charge in [-0.25, -0.2) is 0 Å². The lowest BCUT2D eigenvalue weighted by Crippen LogP contribution is -2.71. The lowest BCUT2D eigenvalue weighted by atomic mass is 10.0. The van der Waals surface area contributed by atoms with Gasteiger partial charge in [-0.15, -0.1) is 0 Å². The number of carbonyl (C=O) groups is 1. The van der Waals surface area contributed by atoms with Gasteiger partial charge >= 0.3 is 78.6 Å². The van der Waals surface area contributed by atoms with E-state index < -0.39 is 84.4 Å². The van der Waals surface area contributed by atoms with Crippen LogP contribution in [0.1, 0.15) is 0 Å². The van der Waals surface area contributed by atoms with Gasteiger partial charge in [0.25, 0.3) is 5.78 Å². The van der Waals surface area contributed by atoms with Gasteiger partial charge in [-0.05, 0) is 0 Å². The predicted molar refractivity (Wildman–Crippen MR) is 74.8 cm³/mol. The van der Waals surface area contributed by atoms with Crippen LogP contribution in [0.4, 0.5) is 123 Å². The molecule has 0 rings (SSSR count). The van der Waals surface area contributed by atoms with E-state index in [2.05, 4.69) is 0 Å². The molecule has 0 aromatic rings. The third kappa shape index (κ3) is 6.91. The number of halogens is 28. The lowest BCUT2D eigenvalue weighted by molar-refractivity contribution is -0.549. The largest absolute Gasteiger partial charge is 0.462 e. The number of hydrogen-bond donors (Lipinski definition) is 0. The maximum absolute atomic E-state index is 14.3. The first kappa shape index (κ1) is 43.6. The fourth-order valence-electron chi connectivity index (χ4n) is 2.01. The SMILES string of the molecule is O=C(C(F)(OC(F)(F)C(F)(F)C(F)(F)F)C(F)(F)F)C(F)(OC(F)(F)C(F)(OC(F)(F)C(F)(F)C(F)(F)F)C(F)(F)F)C(F)(F)F. The molecule has 46 heavy (non-hydrogen) atoms. The first-order chi connectivity index (χ1) is 19.3. The van der Waals surface area contributed by atoms with Gasteiger partial charge in [-0.3, -0.25) is 19.0 Å². The molecule has 3 atom stereocenters. The fraction of sp³-hybridized carbons (Fsp3) is 0.929. The monoisotopic (exact) mass is 764 g/mol. The van der Waals surface area contributed by atoms with Gasteiger partial charge in [0.1, 0.15) is 0 Å². The van der Waals surface area contributed by atoms with E-state index >= 15 is 0 Å². The minimum atomic E-state index is -9.01. The molecule has 0 heterocycles. The molecule has 4 nitrogen and oxygen atoms in total. The Morgan fingerprint density at radius 1 is 0.304 bits per heavy atom. The maximum atomic E-state index is 14.3. The standard InChI is InChI=1S/C14F28O4/c15-2(7(22,23)24,44-12(37,38)4(17,18)9(28,29)30)1(43)3(16,8(25,26)27)45-14(41,42)6(21,11(34,35)36)46-13(39,40)5(19,20)10(31,32)33. The summed E-state index contributed by atoms with van der Waals surface area (Å²) < 4.78 is 365. The van der Waals surface area contributed by atoms with Crippen molar-refractivity contribution in [2.45, 2.75) is 78.6 Å². The fourth-order valence-corrected chi connectivity index (χ4v) is 2.01. The van der Waals surface area contributed by atoms with Gasteiger partial charge in [0, 0.05) is 0 Å². The summed E-state index contributed by atoms with van der Waals surface area (Å²) in [5.41, 5.74) is 0. The smallest absolute Gasteiger partial charge is 0.286 e. The molecule has 0 amide bonds. The number of alkyl halides is 28. The van der Waals surface area contributed by atoms with E-state index in [1.165, 1.54) is 0 Å². The normalized spacial score (nSPS) is 19.7. The van der Waals surface area contributed by atoms with E-state index in [0.717, 1.165) is 14.2 Å². The van der Waals surface area contributed by atoms with Gasteiger partial charge in [-0.2, -0.15) is 123 Å². The number of rotatable bonds is 11. The lowest BCUT2D eigenvalue weighted by Gasteiger charge is -2.41. The Balaban J connectivity index is 7.61. The van der Waals surface area contributed by atoms with Gasteiger partial charge in [-0.1, -0.05) is 0 Å². The highest BCUT2D eigenvalue weighted by Crippen LogP contribution is 2.58. The molecule has 276 valence electrons. The van der Waals surface area contributed by atoms with Gasteiger partial charge in [0.15, 0.2) is 0 Å². The van der Waals surface area contributed by atoms with E-state index in [1.807, 2.05) is 0 Å². The summed E-state index contributed by atoms with van der Waals surface area (Å²) in [6, 6.07) is 0.